The van der Waals surface area contributed by atoms with E-state index in [4.69, 9.17) is 4.74 Å². The molecule has 20 heavy (non-hydrogen) atoms. The second-order valence-corrected chi connectivity index (χ2v) is 4.41. The van der Waals surface area contributed by atoms with Crippen molar-refractivity contribution in [2.75, 3.05) is 7.11 Å². The summed E-state index contributed by atoms with van der Waals surface area (Å²) >= 11 is 0. The van der Waals surface area contributed by atoms with Crippen molar-refractivity contribution in [3.05, 3.63) is 64.5 Å². The number of rotatable bonds is 3. The third-order valence-electron chi connectivity index (χ3n) is 3.09. The van der Waals surface area contributed by atoms with Crippen LogP contribution >= 0.6 is 0 Å². The maximum Gasteiger partial charge on any atom is 0.135 e. The van der Waals surface area contributed by atoms with E-state index in [-0.39, 0.29) is 0 Å². The molecule has 0 aliphatic rings. The van der Waals surface area contributed by atoms with Crippen LogP contribution in [0.25, 0.3) is 0 Å². The fourth-order valence-electron chi connectivity index (χ4n) is 2.05. The van der Waals surface area contributed by atoms with E-state index in [1.54, 1.807) is 19.1 Å². The minimum absolute atomic E-state index is 0.329. The van der Waals surface area contributed by atoms with Crippen LogP contribution in [0.1, 0.15) is 22.8 Å². The predicted molar refractivity (Wildman–Crippen MR) is 68.1 cm³/mol. The van der Waals surface area contributed by atoms with Gasteiger partial charge in [0.1, 0.15) is 29.3 Å². The maximum atomic E-state index is 13.7. The third kappa shape index (κ3) is 2.63. The summed E-state index contributed by atoms with van der Waals surface area (Å²) in [4.78, 5) is 0. The molecule has 0 aliphatic heterocycles. The molecule has 0 saturated carbocycles. The number of halogens is 3. The fourth-order valence-corrected chi connectivity index (χ4v) is 2.05. The number of aryl methyl sites for hydroxylation is 1. The maximum absolute atomic E-state index is 13.7. The molecule has 1 N–H and O–H groups in total. The molecule has 1 atom stereocenters. The highest BCUT2D eigenvalue weighted by atomic mass is 19.1. The lowest BCUT2D eigenvalue weighted by atomic mass is 9.96. The lowest BCUT2D eigenvalue weighted by Gasteiger charge is -2.16. The van der Waals surface area contributed by atoms with E-state index < -0.39 is 29.1 Å². The first-order valence-corrected chi connectivity index (χ1v) is 5.91. The van der Waals surface area contributed by atoms with Gasteiger partial charge in [0, 0.05) is 12.1 Å². The average Bonchev–Trinajstić information content (AvgIpc) is 2.37. The molecule has 0 fully saturated rings. The molecule has 0 radical (unpaired) electrons. The van der Waals surface area contributed by atoms with Gasteiger partial charge in [0.15, 0.2) is 0 Å². The Hall–Kier alpha value is -2.01. The molecule has 5 heteroatoms. The Kier molecular flexibility index (Phi) is 3.99. The molecular formula is C15H13F3O2. The van der Waals surface area contributed by atoms with Gasteiger partial charge < -0.3 is 9.84 Å². The van der Waals surface area contributed by atoms with Gasteiger partial charge in [-0.3, -0.25) is 0 Å². The molecule has 0 heterocycles. The first kappa shape index (κ1) is 14.4. The van der Waals surface area contributed by atoms with Gasteiger partial charge in [-0.25, -0.2) is 13.2 Å². The summed E-state index contributed by atoms with van der Waals surface area (Å²) < 4.78 is 45.2. The monoisotopic (exact) mass is 282 g/mol. The van der Waals surface area contributed by atoms with Crippen LogP contribution in [-0.2, 0) is 0 Å². The summed E-state index contributed by atoms with van der Waals surface area (Å²) in [5.74, 6) is -2.70. The van der Waals surface area contributed by atoms with Crippen molar-refractivity contribution in [2.45, 2.75) is 13.0 Å². The summed E-state index contributed by atoms with van der Waals surface area (Å²) in [6.07, 6.45) is -1.51. The second kappa shape index (κ2) is 5.54. The van der Waals surface area contributed by atoms with E-state index in [1.807, 2.05) is 0 Å². The number of hydrogen-bond donors (Lipinski definition) is 1. The molecule has 0 amide bonds. The number of benzene rings is 2. The van der Waals surface area contributed by atoms with E-state index >= 15 is 0 Å². The largest absolute Gasteiger partial charge is 0.497 e. The van der Waals surface area contributed by atoms with Crippen molar-refractivity contribution < 1.29 is 23.0 Å². The number of hydrogen-bond acceptors (Lipinski definition) is 2. The summed E-state index contributed by atoms with van der Waals surface area (Å²) in [7, 11) is 1.49. The Bertz CT molecular complexity index is 618. The number of ether oxygens (including phenoxy) is 1. The van der Waals surface area contributed by atoms with E-state index in [2.05, 4.69) is 0 Å². The predicted octanol–water partition coefficient (Wildman–Crippen LogP) is 3.50. The van der Waals surface area contributed by atoms with E-state index in [0.717, 1.165) is 0 Å². The standard InChI is InChI=1S/C15H13F3O2/c1-8-5-10(20-2)3-4-11(8)15(19)14-12(17)6-9(16)7-13(14)18/h3-7,15,19H,1-2H3. The van der Waals surface area contributed by atoms with Crippen molar-refractivity contribution in [3.8, 4) is 5.75 Å². The van der Waals surface area contributed by atoms with Crippen LogP contribution < -0.4 is 4.74 Å². The van der Waals surface area contributed by atoms with Gasteiger partial charge in [-0.1, -0.05) is 6.07 Å². The highest BCUT2D eigenvalue weighted by Crippen LogP contribution is 2.31. The normalized spacial score (nSPS) is 12.3. The Morgan fingerprint density at radius 3 is 2.15 bits per heavy atom. The molecule has 1 unspecified atom stereocenters. The molecule has 2 nitrogen and oxygen atoms in total. The van der Waals surface area contributed by atoms with Gasteiger partial charge in [0.2, 0.25) is 0 Å². The van der Waals surface area contributed by atoms with E-state index in [9.17, 15) is 18.3 Å². The van der Waals surface area contributed by atoms with Crippen molar-refractivity contribution >= 4 is 0 Å². The van der Waals surface area contributed by atoms with Gasteiger partial charge in [-0.05, 0) is 30.2 Å². The van der Waals surface area contributed by atoms with Gasteiger partial charge in [0.25, 0.3) is 0 Å². The van der Waals surface area contributed by atoms with Crippen LogP contribution in [-0.4, -0.2) is 12.2 Å². The summed E-state index contributed by atoms with van der Waals surface area (Å²) in [6.45, 7) is 1.68. The van der Waals surface area contributed by atoms with Crippen molar-refractivity contribution in [2.24, 2.45) is 0 Å². The summed E-state index contributed by atoms with van der Waals surface area (Å²) in [6, 6.07) is 5.81. The lowest BCUT2D eigenvalue weighted by Crippen LogP contribution is -2.08. The molecule has 2 rings (SSSR count). The van der Waals surface area contributed by atoms with Crippen LogP contribution in [0.5, 0.6) is 5.75 Å². The van der Waals surface area contributed by atoms with Crippen LogP contribution in [0.2, 0.25) is 0 Å². The number of aliphatic hydroxyl groups excluding tert-OH is 1. The average molecular weight is 282 g/mol. The van der Waals surface area contributed by atoms with Crippen LogP contribution in [0.4, 0.5) is 13.2 Å². The van der Waals surface area contributed by atoms with Crippen molar-refractivity contribution in [1.82, 2.24) is 0 Å². The molecule has 2 aromatic rings. The second-order valence-electron chi connectivity index (χ2n) is 4.41. The van der Waals surface area contributed by atoms with Crippen molar-refractivity contribution in [3.63, 3.8) is 0 Å². The zero-order valence-corrected chi connectivity index (χ0v) is 11.0. The molecule has 0 spiro atoms. The van der Waals surface area contributed by atoms with E-state index in [0.29, 0.717) is 29.0 Å². The Labute approximate surface area is 114 Å². The Morgan fingerprint density at radius 2 is 1.65 bits per heavy atom. The van der Waals surface area contributed by atoms with Gasteiger partial charge in [0.05, 0.1) is 12.7 Å². The quantitative estimate of drug-likeness (QED) is 0.933. The van der Waals surface area contributed by atoms with Crippen LogP contribution in [0.15, 0.2) is 30.3 Å². The summed E-state index contributed by atoms with van der Waals surface area (Å²) in [5, 5.41) is 10.1. The van der Waals surface area contributed by atoms with Crippen LogP contribution in [0, 0.1) is 24.4 Å². The molecule has 2 aromatic carbocycles. The highest BCUT2D eigenvalue weighted by molar-refractivity contribution is 5.40. The van der Waals surface area contributed by atoms with Crippen molar-refractivity contribution in [1.29, 1.82) is 0 Å². The smallest absolute Gasteiger partial charge is 0.135 e. The Balaban J connectivity index is 2.49. The first-order valence-electron chi connectivity index (χ1n) is 5.91. The number of aliphatic hydroxyl groups is 1. The molecule has 0 bridgehead atoms. The molecular weight excluding hydrogens is 269 g/mol. The lowest BCUT2D eigenvalue weighted by molar-refractivity contribution is 0.208. The van der Waals surface area contributed by atoms with E-state index in [1.165, 1.54) is 13.2 Å². The fraction of sp³-hybridized carbons (Fsp3) is 0.200. The minimum Gasteiger partial charge on any atom is -0.497 e. The SMILES string of the molecule is COc1ccc(C(O)c2c(F)cc(F)cc2F)c(C)c1. The van der Waals surface area contributed by atoms with Gasteiger partial charge >= 0.3 is 0 Å². The highest BCUT2D eigenvalue weighted by Gasteiger charge is 2.22. The molecule has 0 aromatic heterocycles. The number of methoxy groups -OCH3 is 1. The molecule has 0 saturated heterocycles. The van der Waals surface area contributed by atoms with Gasteiger partial charge in [-0.2, -0.15) is 0 Å². The molecule has 0 aliphatic carbocycles. The Morgan fingerprint density at radius 1 is 1.05 bits per heavy atom. The topological polar surface area (TPSA) is 29.5 Å². The van der Waals surface area contributed by atoms with Crippen LogP contribution in [0.3, 0.4) is 0 Å². The van der Waals surface area contributed by atoms with Gasteiger partial charge in [-0.15, -0.1) is 0 Å². The minimum atomic E-state index is -1.51. The molecule has 106 valence electrons. The zero-order valence-electron chi connectivity index (χ0n) is 11.0. The first-order chi connectivity index (χ1) is 9.43. The third-order valence-corrected chi connectivity index (χ3v) is 3.09. The zero-order chi connectivity index (χ0) is 14.9. The summed E-state index contributed by atoms with van der Waals surface area (Å²) in [5.41, 5.74) is 0.370.